The minimum atomic E-state index is -3.72. The van der Waals surface area contributed by atoms with Crippen LogP contribution >= 0.6 is 11.3 Å². The van der Waals surface area contributed by atoms with Gasteiger partial charge in [-0.3, -0.25) is 9.69 Å². The van der Waals surface area contributed by atoms with Gasteiger partial charge in [-0.15, -0.1) is 11.3 Å². The van der Waals surface area contributed by atoms with Gasteiger partial charge in [0.25, 0.3) is 0 Å². The van der Waals surface area contributed by atoms with E-state index in [4.69, 9.17) is 0 Å². The second-order valence-electron chi connectivity index (χ2n) is 8.53. The maximum absolute atomic E-state index is 13.1. The minimum Gasteiger partial charge on any atom is -0.301 e. The lowest BCUT2D eigenvalue weighted by Gasteiger charge is -2.33. The van der Waals surface area contributed by atoms with Gasteiger partial charge >= 0.3 is 0 Å². The molecule has 1 aromatic carbocycles. The topological polar surface area (TPSA) is 82.6 Å². The van der Waals surface area contributed by atoms with Crippen molar-refractivity contribution in [1.29, 1.82) is 0 Å². The number of amides is 1. The molecule has 1 aromatic heterocycles. The molecule has 2 aliphatic heterocycles. The first-order chi connectivity index (χ1) is 14.9. The Morgan fingerprint density at radius 3 is 2.61 bits per heavy atom. The second-order valence-corrected chi connectivity index (χ2v) is 11.3. The fourth-order valence-electron chi connectivity index (χ4n) is 4.26. The van der Waals surface area contributed by atoms with E-state index in [2.05, 4.69) is 22.1 Å². The average molecular weight is 463 g/mol. The van der Waals surface area contributed by atoms with E-state index >= 15 is 0 Å². The number of sulfonamides is 1. The fraction of sp³-hybridized carbons (Fsp3) is 0.545. The number of likely N-dealkylation sites (tertiary alicyclic amines) is 1. The van der Waals surface area contributed by atoms with Crippen molar-refractivity contribution in [2.24, 2.45) is 5.92 Å². The van der Waals surface area contributed by atoms with E-state index in [1.54, 1.807) is 30.3 Å². The lowest BCUT2D eigenvalue weighted by molar-refractivity contribution is -0.120. The van der Waals surface area contributed by atoms with Gasteiger partial charge in [-0.2, -0.15) is 4.31 Å². The number of hydrogen-bond donors (Lipinski definition) is 1. The lowest BCUT2D eigenvalue weighted by atomic mass is 9.99. The molecule has 31 heavy (non-hydrogen) atoms. The monoisotopic (exact) mass is 462 g/mol. The standard InChI is InChI=1S/C22H30N4O3S2/c1-17-10-13-25(14-11-17)15-18-16-30-22(23-18)24-21(27)20-9-5-6-12-26(20)31(28,29)19-7-3-2-4-8-19/h2-4,7-8,16-17,20H,5-6,9-15H2,1H3,(H,23,24,27). The van der Waals surface area contributed by atoms with Crippen LogP contribution in [0.25, 0.3) is 0 Å². The molecule has 0 bridgehead atoms. The number of nitrogens with one attached hydrogen (secondary N) is 1. The number of benzene rings is 1. The molecule has 1 amide bonds. The van der Waals surface area contributed by atoms with E-state index in [0.29, 0.717) is 18.1 Å². The lowest BCUT2D eigenvalue weighted by Crippen LogP contribution is -2.49. The zero-order chi connectivity index (χ0) is 21.8. The molecule has 2 saturated heterocycles. The Balaban J connectivity index is 1.42. The number of nitrogens with zero attached hydrogens (tertiary/aromatic N) is 3. The molecule has 2 fully saturated rings. The van der Waals surface area contributed by atoms with Crippen LogP contribution in [0.1, 0.15) is 44.7 Å². The van der Waals surface area contributed by atoms with Crippen molar-refractivity contribution in [1.82, 2.24) is 14.2 Å². The number of carbonyl (C=O) groups is 1. The Morgan fingerprint density at radius 2 is 1.87 bits per heavy atom. The highest BCUT2D eigenvalue weighted by molar-refractivity contribution is 7.89. The summed E-state index contributed by atoms with van der Waals surface area (Å²) >= 11 is 1.40. The molecule has 2 aliphatic rings. The number of rotatable bonds is 6. The SMILES string of the molecule is CC1CCN(Cc2csc(NC(=O)C3CCCCN3S(=O)(=O)c3ccccc3)n2)CC1. The Hall–Kier alpha value is -1.81. The molecule has 168 valence electrons. The Morgan fingerprint density at radius 1 is 1.13 bits per heavy atom. The molecule has 1 atom stereocenters. The van der Waals surface area contributed by atoms with Gasteiger partial charge in [-0.25, -0.2) is 13.4 Å². The van der Waals surface area contributed by atoms with E-state index in [-0.39, 0.29) is 10.8 Å². The molecule has 4 rings (SSSR count). The summed E-state index contributed by atoms with van der Waals surface area (Å²) < 4.78 is 27.6. The first-order valence-corrected chi connectivity index (χ1v) is 13.3. The number of aromatic nitrogens is 1. The van der Waals surface area contributed by atoms with E-state index in [0.717, 1.165) is 44.1 Å². The van der Waals surface area contributed by atoms with Crippen LogP contribution in [0.15, 0.2) is 40.6 Å². The zero-order valence-corrected chi connectivity index (χ0v) is 19.5. The fourth-order valence-corrected chi connectivity index (χ4v) is 6.64. The summed E-state index contributed by atoms with van der Waals surface area (Å²) in [6.07, 6.45) is 4.52. The summed E-state index contributed by atoms with van der Waals surface area (Å²) in [5.74, 6) is 0.485. The zero-order valence-electron chi connectivity index (χ0n) is 17.9. The molecule has 0 spiro atoms. The number of piperidine rings is 2. The Bertz CT molecular complexity index is 985. The number of thiazole rings is 1. The summed E-state index contributed by atoms with van der Waals surface area (Å²) in [6.45, 7) is 5.59. The summed E-state index contributed by atoms with van der Waals surface area (Å²) in [4.78, 5) is 20.2. The maximum atomic E-state index is 13.1. The summed E-state index contributed by atoms with van der Waals surface area (Å²) in [5.41, 5.74) is 0.951. The van der Waals surface area contributed by atoms with Crippen molar-refractivity contribution in [3.05, 3.63) is 41.4 Å². The van der Waals surface area contributed by atoms with Crippen LogP contribution < -0.4 is 5.32 Å². The molecular formula is C22H30N4O3S2. The predicted molar refractivity (Wildman–Crippen MR) is 122 cm³/mol. The highest BCUT2D eigenvalue weighted by atomic mass is 32.2. The first-order valence-electron chi connectivity index (χ1n) is 11.0. The first kappa shape index (κ1) is 22.4. The van der Waals surface area contributed by atoms with Crippen molar-refractivity contribution in [3.8, 4) is 0 Å². The minimum absolute atomic E-state index is 0.224. The molecule has 0 aliphatic carbocycles. The molecule has 0 saturated carbocycles. The highest BCUT2D eigenvalue weighted by Crippen LogP contribution is 2.27. The second kappa shape index (κ2) is 9.77. The van der Waals surface area contributed by atoms with Crippen LogP contribution in [-0.2, 0) is 21.4 Å². The van der Waals surface area contributed by atoms with Gasteiger partial charge in [-0.1, -0.05) is 31.5 Å². The summed E-state index contributed by atoms with van der Waals surface area (Å²) in [7, 11) is -3.72. The van der Waals surface area contributed by atoms with E-state index in [1.807, 2.05) is 5.38 Å². The van der Waals surface area contributed by atoms with Gasteiger partial charge in [0.05, 0.1) is 10.6 Å². The van der Waals surface area contributed by atoms with Gasteiger partial charge in [0, 0.05) is 18.5 Å². The quantitative estimate of drug-likeness (QED) is 0.710. The molecule has 9 heteroatoms. The van der Waals surface area contributed by atoms with Crippen molar-refractivity contribution < 1.29 is 13.2 Å². The average Bonchev–Trinajstić information content (AvgIpc) is 3.22. The van der Waals surface area contributed by atoms with Crippen LogP contribution in [0, 0.1) is 5.92 Å². The third-order valence-corrected chi connectivity index (χ3v) is 8.88. The predicted octanol–water partition coefficient (Wildman–Crippen LogP) is 3.56. The highest BCUT2D eigenvalue weighted by Gasteiger charge is 2.37. The van der Waals surface area contributed by atoms with E-state index in [1.165, 1.54) is 28.5 Å². The number of carbonyl (C=O) groups excluding carboxylic acids is 1. The third kappa shape index (κ3) is 5.34. The number of anilines is 1. The molecule has 0 radical (unpaired) electrons. The molecule has 1 N–H and O–H groups in total. The van der Waals surface area contributed by atoms with Crippen LogP contribution in [0.2, 0.25) is 0 Å². The van der Waals surface area contributed by atoms with Gasteiger partial charge in [0.2, 0.25) is 15.9 Å². The van der Waals surface area contributed by atoms with Crippen molar-refractivity contribution in [2.75, 3.05) is 25.0 Å². The van der Waals surface area contributed by atoms with Crippen LogP contribution in [0.5, 0.6) is 0 Å². The molecular weight excluding hydrogens is 432 g/mol. The van der Waals surface area contributed by atoms with Gasteiger partial charge < -0.3 is 5.32 Å². The Labute approximate surface area is 188 Å². The van der Waals surface area contributed by atoms with Crippen molar-refractivity contribution in [3.63, 3.8) is 0 Å². The largest absolute Gasteiger partial charge is 0.301 e. The smallest absolute Gasteiger partial charge is 0.244 e. The third-order valence-electron chi connectivity index (χ3n) is 6.15. The summed E-state index contributed by atoms with van der Waals surface area (Å²) in [6, 6.07) is 7.62. The van der Waals surface area contributed by atoms with Gasteiger partial charge in [0.15, 0.2) is 5.13 Å². The molecule has 3 heterocycles. The van der Waals surface area contributed by atoms with E-state index < -0.39 is 16.1 Å². The summed E-state index contributed by atoms with van der Waals surface area (Å²) in [5, 5.41) is 5.39. The number of hydrogen-bond acceptors (Lipinski definition) is 6. The molecule has 2 aromatic rings. The van der Waals surface area contributed by atoms with Crippen LogP contribution in [-0.4, -0.2) is 54.2 Å². The van der Waals surface area contributed by atoms with Crippen LogP contribution in [0.3, 0.4) is 0 Å². The van der Waals surface area contributed by atoms with Gasteiger partial charge in [-0.05, 0) is 56.8 Å². The van der Waals surface area contributed by atoms with Crippen molar-refractivity contribution in [2.45, 2.75) is 56.5 Å². The van der Waals surface area contributed by atoms with Crippen LogP contribution in [0.4, 0.5) is 5.13 Å². The Kier molecular flexibility index (Phi) is 7.05. The van der Waals surface area contributed by atoms with Crippen molar-refractivity contribution >= 4 is 32.4 Å². The maximum Gasteiger partial charge on any atom is 0.244 e. The molecule has 7 nitrogen and oxygen atoms in total. The normalized spacial score (nSPS) is 21.8. The van der Waals surface area contributed by atoms with E-state index in [9.17, 15) is 13.2 Å². The molecule has 1 unspecified atom stereocenters. The van der Waals surface area contributed by atoms with Gasteiger partial charge in [0.1, 0.15) is 6.04 Å².